The lowest BCUT2D eigenvalue weighted by atomic mass is 10.1. The average molecular weight is 211 g/mol. The molecule has 1 atom stereocenters. The number of methoxy groups -OCH3 is 1. The van der Waals surface area contributed by atoms with E-state index in [1.807, 2.05) is 31.7 Å². The zero-order chi connectivity index (χ0) is 11.4. The molecule has 0 spiro atoms. The number of aromatic nitrogens is 2. The molecule has 0 aliphatic carbocycles. The van der Waals surface area contributed by atoms with E-state index < -0.39 is 0 Å². The van der Waals surface area contributed by atoms with Gasteiger partial charge < -0.3 is 14.6 Å². The summed E-state index contributed by atoms with van der Waals surface area (Å²) in [5, 5.41) is 3.05. The lowest BCUT2D eigenvalue weighted by Gasteiger charge is -2.20. The first kappa shape index (κ1) is 11.6. The SMILES string of the molecule is COC(=O)C(Nc1nccn1C)C(C)C. The van der Waals surface area contributed by atoms with E-state index in [1.54, 1.807) is 6.20 Å². The fourth-order valence-corrected chi connectivity index (χ4v) is 1.27. The van der Waals surface area contributed by atoms with Gasteiger partial charge in [-0.3, -0.25) is 0 Å². The molecule has 0 radical (unpaired) electrons. The minimum absolute atomic E-state index is 0.147. The van der Waals surface area contributed by atoms with Crippen LogP contribution in [0.4, 0.5) is 5.95 Å². The Bertz CT molecular complexity index is 333. The van der Waals surface area contributed by atoms with Crippen LogP contribution >= 0.6 is 0 Å². The number of imidazole rings is 1. The standard InChI is InChI=1S/C10H17N3O2/c1-7(2)8(9(14)15-4)12-10-11-5-6-13(10)3/h5-8H,1-4H3,(H,11,12). The van der Waals surface area contributed by atoms with E-state index in [-0.39, 0.29) is 17.9 Å². The van der Waals surface area contributed by atoms with Gasteiger partial charge in [0.15, 0.2) is 0 Å². The smallest absolute Gasteiger partial charge is 0.328 e. The van der Waals surface area contributed by atoms with E-state index >= 15 is 0 Å². The second-order valence-corrected chi connectivity index (χ2v) is 3.75. The minimum atomic E-state index is -0.365. The summed E-state index contributed by atoms with van der Waals surface area (Å²) in [7, 11) is 3.25. The van der Waals surface area contributed by atoms with Crippen LogP contribution in [-0.2, 0) is 16.6 Å². The third-order valence-electron chi connectivity index (χ3n) is 2.23. The molecule has 1 aromatic heterocycles. The van der Waals surface area contributed by atoms with Crippen LogP contribution in [0.15, 0.2) is 12.4 Å². The second-order valence-electron chi connectivity index (χ2n) is 3.75. The Hall–Kier alpha value is -1.52. The maximum atomic E-state index is 11.5. The Labute approximate surface area is 89.4 Å². The van der Waals surface area contributed by atoms with Gasteiger partial charge in [0.05, 0.1) is 7.11 Å². The van der Waals surface area contributed by atoms with E-state index in [0.29, 0.717) is 5.95 Å². The van der Waals surface area contributed by atoms with Gasteiger partial charge in [0.1, 0.15) is 6.04 Å². The van der Waals surface area contributed by atoms with Crippen molar-refractivity contribution in [2.75, 3.05) is 12.4 Å². The molecular weight excluding hydrogens is 194 g/mol. The van der Waals surface area contributed by atoms with Crippen molar-refractivity contribution in [1.82, 2.24) is 9.55 Å². The molecule has 0 fully saturated rings. The molecule has 0 aliphatic rings. The Morgan fingerprint density at radius 2 is 2.27 bits per heavy atom. The number of rotatable bonds is 4. The van der Waals surface area contributed by atoms with Gasteiger partial charge in [-0.25, -0.2) is 9.78 Å². The first-order valence-corrected chi connectivity index (χ1v) is 4.88. The van der Waals surface area contributed by atoms with Gasteiger partial charge in [0.2, 0.25) is 5.95 Å². The van der Waals surface area contributed by atoms with Gasteiger partial charge >= 0.3 is 5.97 Å². The van der Waals surface area contributed by atoms with Crippen molar-refractivity contribution in [1.29, 1.82) is 0 Å². The maximum Gasteiger partial charge on any atom is 0.328 e. The molecule has 5 heteroatoms. The summed E-state index contributed by atoms with van der Waals surface area (Å²) in [6.07, 6.45) is 3.49. The zero-order valence-electron chi connectivity index (χ0n) is 9.52. The number of nitrogens with one attached hydrogen (secondary N) is 1. The Morgan fingerprint density at radius 3 is 2.67 bits per heavy atom. The number of anilines is 1. The number of nitrogens with zero attached hydrogens (tertiary/aromatic N) is 2. The number of hydrogen-bond acceptors (Lipinski definition) is 4. The van der Waals surface area contributed by atoms with Crippen LogP contribution in [0, 0.1) is 5.92 Å². The van der Waals surface area contributed by atoms with Gasteiger partial charge in [0.25, 0.3) is 0 Å². The van der Waals surface area contributed by atoms with E-state index in [9.17, 15) is 4.79 Å². The normalized spacial score (nSPS) is 12.6. The van der Waals surface area contributed by atoms with Crippen molar-refractivity contribution in [2.45, 2.75) is 19.9 Å². The number of hydrogen-bond donors (Lipinski definition) is 1. The molecule has 1 aromatic rings. The van der Waals surface area contributed by atoms with Crippen LogP contribution < -0.4 is 5.32 Å². The maximum absolute atomic E-state index is 11.5. The van der Waals surface area contributed by atoms with Crippen LogP contribution in [0.5, 0.6) is 0 Å². The molecule has 0 aromatic carbocycles. The van der Waals surface area contributed by atoms with Gasteiger partial charge in [-0.15, -0.1) is 0 Å². The van der Waals surface area contributed by atoms with Crippen LogP contribution in [0.25, 0.3) is 0 Å². The molecule has 0 bridgehead atoms. The van der Waals surface area contributed by atoms with Crippen molar-refractivity contribution in [3.05, 3.63) is 12.4 Å². The van der Waals surface area contributed by atoms with Gasteiger partial charge in [-0.05, 0) is 5.92 Å². The molecule has 1 N–H and O–H groups in total. The summed E-state index contributed by atoms with van der Waals surface area (Å²) < 4.78 is 6.54. The third-order valence-corrected chi connectivity index (χ3v) is 2.23. The summed E-state index contributed by atoms with van der Waals surface area (Å²) in [5.41, 5.74) is 0. The van der Waals surface area contributed by atoms with Crippen molar-refractivity contribution in [2.24, 2.45) is 13.0 Å². The molecule has 1 unspecified atom stereocenters. The molecule has 0 saturated carbocycles. The van der Waals surface area contributed by atoms with E-state index in [2.05, 4.69) is 10.3 Å². The van der Waals surface area contributed by atoms with Crippen molar-refractivity contribution in [3.8, 4) is 0 Å². The molecule has 0 saturated heterocycles. The third kappa shape index (κ3) is 2.71. The summed E-state index contributed by atoms with van der Waals surface area (Å²) in [5.74, 6) is 0.543. The van der Waals surface area contributed by atoms with E-state index in [0.717, 1.165) is 0 Å². The summed E-state index contributed by atoms with van der Waals surface area (Å²) in [6, 6.07) is -0.365. The fourth-order valence-electron chi connectivity index (χ4n) is 1.27. The first-order valence-electron chi connectivity index (χ1n) is 4.88. The highest BCUT2D eigenvalue weighted by Crippen LogP contribution is 2.11. The average Bonchev–Trinajstić information content (AvgIpc) is 2.59. The van der Waals surface area contributed by atoms with Gasteiger partial charge in [-0.2, -0.15) is 0 Å². The highest BCUT2D eigenvalue weighted by Gasteiger charge is 2.23. The van der Waals surface area contributed by atoms with Crippen LogP contribution in [0.3, 0.4) is 0 Å². The zero-order valence-corrected chi connectivity index (χ0v) is 9.52. The minimum Gasteiger partial charge on any atom is -0.467 e. The molecule has 84 valence electrons. The first-order chi connectivity index (χ1) is 7.06. The molecule has 1 rings (SSSR count). The fraction of sp³-hybridized carbons (Fsp3) is 0.600. The topological polar surface area (TPSA) is 56.1 Å². The van der Waals surface area contributed by atoms with E-state index in [1.165, 1.54) is 7.11 Å². The van der Waals surface area contributed by atoms with Crippen LogP contribution in [-0.4, -0.2) is 28.7 Å². The highest BCUT2D eigenvalue weighted by atomic mass is 16.5. The highest BCUT2D eigenvalue weighted by molar-refractivity contribution is 5.78. The molecule has 15 heavy (non-hydrogen) atoms. The summed E-state index contributed by atoms with van der Waals surface area (Å²) in [4.78, 5) is 15.6. The van der Waals surface area contributed by atoms with Crippen LogP contribution in [0.2, 0.25) is 0 Å². The molecule has 1 heterocycles. The van der Waals surface area contributed by atoms with E-state index in [4.69, 9.17) is 4.74 Å². The van der Waals surface area contributed by atoms with Crippen LogP contribution in [0.1, 0.15) is 13.8 Å². The van der Waals surface area contributed by atoms with Gasteiger partial charge in [0, 0.05) is 19.4 Å². The molecule has 0 amide bonds. The predicted molar refractivity (Wildman–Crippen MR) is 57.5 cm³/mol. The quantitative estimate of drug-likeness (QED) is 0.756. The summed E-state index contributed by atoms with van der Waals surface area (Å²) >= 11 is 0. The number of esters is 1. The Kier molecular flexibility index (Phi) is 3.71. The van der Waals surface area contributed by atoms with Crippen molar-refractivity contribution in [3.63, 3.8) is 0 Å². The van der Waals surface area contributed by atoms with Gasteiger partial charge in [-0.1, -0.05) is 13.8 Å². The molecular formula is C10H17N3O2. The second kappa shape index (κ2) is 4.82. The number of carbonyl (C=O) groups is 1. The lowest BCUT2D eigenvalue weighted by molar-refractivity contribution is -0.142. The van der Waals surface area contributed by atoms with Crippen molar-refractivity contribution < 1.29 is 9.53 Å². The number of ether oxygens (including phenoxy) is 1. The molecule has 5 nitrogen and oxygen atoms in total. The Morgan fingerprint density at radius 1 is 1.60 bits per heavy atom. The largest absolute Gasteiger partial charge is 0.467 e. The summed E-state index contributed by atoms with van der Waals surface area (Å²) in [6.45, 7) is 3.91. The lowest BCUT2D eigenvalue weighted by Crippen LogP contribution is -2.36. The van der Waals surface area contributed by atoms with Crippen molar-refractivity contribution >= 4 is 11.9 Å². The molecule has 0 aliphatic heterocycles. The number of aryl methyl sites for hydroxylation is 1. The monoisotopic (exact) mass is 211 g/mol. The predicted octanol–water partition coefficient (Wildman–Crippen LogP) is 1.03. The number of carbonyl (C=O) groups excluding carboxylic acids is 1. The Balaban J connectivity index is 2.76.